The zero-order valence-electron chi connectivity index (χ0n) is 42.2. The van der Waals surface area contributed by atoms with Crippen LogP contribution in [0.5, 0.6) is 0 Å². The maximum absolute atomic E-state index is 2.63. The van der Waals surface area contributed by atoms with Crippen molar-refractivity contribution in [3.05, 3.63) is 215 Å². The zero-order valence-corrected chi connectivity index (χ0v) is 42.2. The molecule has 0 bridgehead atoms. The van der Waals surface area contributed by atoms with Crippen molar-refractivity contribution < 1.29 is 0 Å². The van der Waals surface area contributed by atoms with Gasteiger partial charge in [0.1, 0.15) is 0 Å². The highest BCUT2D eigenvalue weighted by Crippen LogP contribution is 2.51. The summed E-state index contributed by atoms with van der Waals surface area (Å²) in [5.41, 5.74) is 27.1. The van der Waals surface area contributed by atoms with Crippen LogP contribution < -0.4 is 26.2 Å². The second kappa shape index (κ2) is 16.0. The summed E-state index contributed by atoms with van der Waals surface area (Å²) in [5, 5.41) is 2.49. The Labute approximate surface area is 414 Å². The number of para-hydroxylation sites is 2. The Morgan fingerprint density at radius 3 is 1.19 bits per heavy atom. The summed E-state index contributed by atoms with van der Waals surface area (Å²) >= 11 is 0. The molecule has 0 N–H and O–H groups in total. The van der Waals surface area contributed by atoms with E-state index < -0.39 is 0 Å². The van der Waals surface area contributed by atoms with Crippen molar-refractivity contribution >= 4 is 79.0 Å². The number of rotatable bonds is 5. The first-order chi connectivity index (χ1) is 33.7. The van der Waals surface area contributed by atoms with Crippen molar-refractivity contribution in [2.75, 3.05) is 9.80 Å². The lowest BCUT2D eigenvalue weighted by Crippen LogP contribution is -2.61. The average molecular weight is 906 g/mol. The summed E-state index contributed by atoms with van der Waals surface area (Å²) in [6.07, 6.45) is 0. The van der Waals surface area contributed by atoms with E-state index in [9.17, 15) is 0 Å². The topological polar surface area (TPSA) is 11.4 Å². The summed E-state index contributed by atoms with van der Waals surface area (Å²) in [7, 11) is 0. The van der Waals surface area contributed by atoms with Gasteiger partial charge in [-0.1, -0.05) is 174 Å². The van der Waals surface area contributed by atoms with E-state index in [1.165, 1.54) is 128 Å². The molecule has 0 spiro atoms. The van der Waals surface area contributed by atoms with Crippen LogP contribution in [0.4, 0.5) is 34.1 Å². The number of fused-ring (bicyclic) bond motifs is 7. The average Bonchev–Trinajstić information content (AvgIpc) is 3.68. The molecular formula is C66H60BN3. The van der Waals surface area contributed by atoms with E-state index in [-0.39, 0.29) is 17.5 Å². The van der Waals surface area contributed by atoms with Gasteiger partial charge in [0.2, 0.25) is 0 Å². The van der Waals surface area contributed by atoms with Crippen molar-refractivity contribution in [3.8, 4) is 27.9 Å². The van der Waals surface area contributed by atoms with Gasteiger partial charge in [0.05, 0.1) is 28.1 Å². The third kappa shape index (κ3) is 6.86. The van der Waals surface area contributed by atoms with Crippen LogP contribution in [0.2, 0.25) is 0 Å². The Balaban J connectivity index is 1.28. The van der Waals surface area contributed by atoms with Crippen LogP contribution in [-0.4, -0.2) is 11.3 Å². The van der Waals surface area contributed by atoms with Crippen LogP contribution in [0.1, 0.15) is 74.9 Å². The fourth-order valence-electron chi connectivity index (χ4n) is 11.6. The van der Waals surface area contributed by atoms with Gasteiger partial charge in [-0.25, -0.2) is 0 Å². The molecule has 2 aliphatic heterocycles. The standard InChI is InChI=1S/C66H60BN3/c1-41-27-31-58(52(35-41)48-21-13-11-19-43(48)3)69-60-33-29-45(65(5,6)7)37-54(60)67-55-38-46(66(8,9)10)30-34-61(55)70(59-32-28-42(2)36-53(59)49-22-14-12-20-44(49)4)63-40-47(39-62(69)64(63)67)68-56-25-17-15-23-50(56)51-24-16-18-26-57(51)68/h11-40H,1-10H3. The molecule has 3 nitrogen and oxygen atoms in total. The molecule has 1 aromatic heterocycles. The number of aryl methyl sites for hydroxylation is 4. The number of benzene rings is 9. The number of hydrogen-bond acceptors (Lipinski definition) is 2. The Morgan fingerprint density at radius 2 is 0.757 bits per heavy atom. The SMILES string of the molecule is Cc1ccc(N2c3ccc(C(C)(C)C)cc3B3c4cc(C(C)(C)C)ccc4N(c4ccc(C)cc4-c4ccccc4C)c4cc(-n5c6ccccc6c6ccccc65)cc2c43)c(-c2ccccc2C)c1. The van der Waals surface area contributed by atoms with Crippen LogP contribution in [0.25, 0.3) is 49.7 Å². The molecule has 10 aromatic rings. The third-order valence-corrected chi connectivity index (χ3v) is 15.3. The van der Waals surface area contributed by atoms with Crippen molar-refractivity contribution in [1.82, 2.24) is 4.57 Å². The number of aromatic nitrogens is 1. The predicted molar refractivity (Wildman–Crippen MR) is 302 cm³/mol. The molecule has 0 radical (unpaired) electrons. The van der Waals surface area contributed by atoms with E-state index >= 15 is 0 Å². The molecule has 0 fully saturated rings. The summed E-state index contributed by atoms with van der Waals surface area (Å²) in [4.78, 5) is 5.26. The fourth-order valence-corrected chi connectivity index (χ4v) is 11.6. The Bertz CT molecular complexity index is 3520. The van der Waals surface area contributed by atoms with Crippen LogP contribution >= 0.6 is 0 Å². The van der Waals surface area contributed by atoms with Gasteiger partial charge < -0.3 is 14.4 Å². The smallest absolute Gasteiger partial charge is 0.252 e. The molecule has 3 heterocycles. The van der Waals surface area contributed by atoms with Crippen molar-refractivity contribution in [1.29, 1.82) is 0 Å². The van der Waals surface area contributed by atoms with Gasteiger partial charge in [-0.2, -0.15) is 0 Å². The number of nitrogens with zero attached hydrogens (tertiary/aromatic N) is 3. The van der Waals surface area contributed by atoms with Gasteiger partial charge in [-0.05, 0) is 149 Å². The lowest BCUT2D eigenvalue weighted by atomic mass is 9.33. The van der Waals surface area contributed by atoms with E-state index in [4.69, 9.17) is 0 Å². The molecule has 0 saturated carbocycles. The number of hydrogen-bond donors (Lipinski definition) is 0. The monoisotopic (exact) mass is 905 g/mol. The van der Waals surface area contributed by atoms with Crippen LogP contribution in [0, 0.1) is 27.7 Å². The molecule has 2 aliphatic rings. The van der Waals surface area contributed by atoms with Gasteiger partial charge in [-0.3, -0.25) is 0 Å². The molecule has 342 valence electrons. The lowest BCUT2D eigenvalue weighted by molar-refractivity contribution is 0.590. The maximum Gasteiger partial charge on any atom is 0.252 e. The van der Waals surface area contributed by atoms with Crippen LogP contribution in [0.3, 0.4) is 0 Å². The van der Waals surface area contributed by atoms with Gasteiger partial charge in [0.25, 0.3) is 6.71 Å². The van der Waals surface area contributed by atoms with Gasteiger partial charge in [0.15, 0.2) is 0 Å². The summed E-state index contributed by atoms with van der Waals surface area (Å²) in [6, 6.07) is 69.5. The Morgan fingerprint density at radius 1 is 0.357 bits per heavy atom. The van der Waals surface area contributed by atoms with Gasteiger partial charge in [-0.15, -0.1) is 0 Å². The first-order valence-corrected chi connectivity index (χ1v) is 25.0. The number of anilines is 6. The van der Waals surface area contributed by atoms with E-state index in [1.807, 2.05) is 0 Å². The quantitative estimate of drug-likeness (QED) is 0.159. The van der Waals surface area contributed by atoms with Gasteiger partial charge in [0, 0.05) is 44.6 Å². The Hall–Kier alpha value is -7.56. The first-order valence-electron chi connectivity index (χ1n) is 25.0. The molecular weight excluding hydrogens is 846 g/mol. The Kier molecular flexibility index (Phi) is 9.99. The van der Waals surface area contributed by atoms with Crippen molar-refractivity contribution in [3.63, 3.8) is 0 Å². The van der Waals surface area contributed by atoms with Gasteiger partial charge >= 0.3 is 0 Å². The summed E-state index contributed by atoms with van der Waals surface area (Å²) < 4.78 is 2.51. The molecule has 70 heavy (non-hydrogen) atoms. The maximum atomic E-state index is 2.63. The van der Waals surface area contributed by atoms with E-state index in [2.05, 4.69) is 266 Å². The molecule has 0 atom stereocenters. The van der Waals surface area contributed by atoms with Crippen molar-refractivity contribution in [2.24, 2.45) is 0 Å². The highest BCUT2D eigenvalue weighted by molar-refractivity contribution is 7.00. The fraction of sp³-hybridized carbons (Fsp3) is 0.182. The molecule has 0 saturated heterocycles. The lowest BCUT2D eigenvalue weighted by Gasteiger charge is -2.46. The largest absolute Gasteiger partial charge is 0.311 e. The van der Waals surface area contributed by atoms with E-state index in [1.54, 1.807) is 0 Å². The normalized spacial score (nSPS) is 13.2. The molecule has 12 rings (SSSR count). The summed E-state index contributed by atoms with van der Waals surface area (Å²) in [6.45, 7) is 23.0. The van der Waals surface area contributed by atoms with E-state index in [0.717, 1.165) is 5.69 Å². The van der Waals surface area contributed by atoms with Crippen LogP contribution in [-0.2, 0) is 10.8 Å². The second-order valence-electron chi connectivity index (χ2n) is 22.1. The molecule has 0 aliphatic carbocycles. The molecule has 0 amide bonds. The highest BCUT2D eigenvalue weighted by atomic mass is 15.2. The van der Waals surface area contributed by atoms with Crippen molar-refractivity contribution in [2.45, 2.75) is 80.1 Å². The first kappa shape index (κ1) is 43.7. The van der Waals surface area contributed by atoms with Crippen LogP contribution in [0.15, 0.2) is 182 Å². The predicted octanol–water partition coefficient (Wildman–Crippen LogP) is 16.0. The minimum Gasteiger partial charge on any atom is -0.311 e. The molecule has 9 aromatic carbocycles. The summed E-state index contributed by atoms with van der Waals surface area (Å²) in [5.74, 6) is 0. The zero-order chi connectivity index (χ0) is 48.4. The minimum atomic E-state index is -0.0688. The molecule has 4 heteroatoms. The van der Waals surface area contributed by atoms with E-state index in [0.29, 0.717) is 0 Å². The minimum absolute atomic E-state index is 0.0565. The molecule has 0 unspecified atom stereocenters. The second-order valence-corrected chi connectivity index (χ2v) is 22.1. The highest BCUT2D eigenvalue weighted by Gasteiger charge is 2.45. The third-order valence-electron chi connectivity index (χ3n) is 15.3.